The highest BCUT2D eigenvalue weighted by Crippen LogP contribution is 2.29. The molecule has 1 saturated heterocycles. The zero-order valence-electron chi connectivity index (χ0n) is 19.1. The Morgan fingerprint density at radius 3 is 2.54 bits per heavy atom. The predicted molar refractivity (Wildman–Crippen MR) is 134 cm³/mol. The van der Waals surface area contributed by atoms with E-state index in [0.29, 0.717) is 10.7 Å². The molecule has 1 aliphatic heterocycles. The van der Waals surface area contributed by atoms with Gasteiger partial charge in [0.1, 0.15) is 17.4 Å². The predicted octanol–water partition coefficient (Wildman–Crippen LogP) is 4.23. The average Bonchev–Trinajstić information content (AvgIpc) is 3.06. The van der Waals surface area contributed by atoms with Crippen LogP contribution in [0.25, 0.3) is 0 Å². The van der Waals surface area contributed by atoms with E-state index in [9.17, 15) is 19.1 Å². The molecule has 0 radical (unpaired) electrons. The van der Waals surface area contributed by atoms with Crippen LogP contribution in [0.2, 0.25) is 5.02 Å². The van der Waals surface area contributed by atoms with E-state index >= 15 is 0 Å². The summed E-state index contributed by atoms with van der Waals surface area (Å²) in [7, 11) is 2.05. The van der Waals surface area contributed by atoms with Gasteiger partial charge in [0.25, 0.3) is 11.8 Å². The van der Waals surface area contributed by atoms with Crippen LogP contribution in [0.5, 0.6) is 5.75 Å². The normalized spacial score (nSPS) is 14.3. The minimum absolute atomic E-state index is 0.0131. The number of amides is 2. The quantitative estimate of drug-likeness (QED) is 0.456. The number of pyridine rings is 1. The summed E-state index contributed by atoms with van der Waals surface area (Å²) in [5.74, 6) is -2.19. The van der Waals surface area contributed by atoms with Crippen LogP contribution in [-0.4, -0.2) is 60.0 Å². The zero-order chi connectivity index (χ0) is 24.9. The summed E-state index contributed by atoms with van der Waals surface area (Å²) in [4.78, 5) is 34.0. The number of anilines is 3. The SMILES string of the molecule is CN1CCCN(c2ccc(C(=O)Nc3c(O)cccc3C(=O)Nc3ccc(Cl)cn3)c(F)c2)CC1. The van der Waals surface area contributed by atoms with Crippen LogP contribution in [0.15, 0.2) is 54.7 Å². The number of aromatic hydroxyl groups is 1. The first-order chi connectivity index (χ1) is 16.8. The van der Waals surface area contributed by atoms with Crippen LogP contribution >= 0.6 is 11.6 Å². The number of halogens is 2. The molecule has 1 aromatic heterocycles. The van der Waals surface area contributed by atoms with Crippen molar-refractivity contribution in [1.82, 2.24) is 9.88 Å². The van der Waals surface area contributed by atoms with Crippen LogP contribution in [0.4, 0.5) is 21.6 Å². The number of rotatable bonds is 5. The van der Waals surface area contributed by atoms with Crippen molar-refractivity contribution in [3.63, 3.8) is 0 Å². The second-order valence-corrected chi connectivity index (χ2v) is 8.71. The van der Waals surface area contributed by atoms with Crippen LogP contribution in [0, 0.1) is 5.82 Å². The monoisotopic (exact) mass is 497 g/mol. The first-order valence-corrected chi connectivity index (χ1v) is 11.5. The van der Waals surface area contributed by atoms with Crippen molar-refractivity contribution in [1.29, 1.82) is 0 Å². The van der Waals surface area contributed by atoms with E-state index in [1.165, 1.54) is 42.6 Å². The van der Waals surface area contributed by atoms with Gasteiger partial charge >= 0.3 is 0 Å². The Morgan fingerprint density at radius 1 is 1.00 bits per heavy atom. The van der Waals surface area contributed by atoms with Crippen LogP contribution in [0.3, 0.4) is 0 Å². The first kappa shape index (κ1) is 24.4. The third-order valence-corrected chi connectivity index (χ3v) is 6.00. The Kier molecular flexibility index (Phi) is 7.48. The van der Waals surface area contributed by atoms with E-state index in [1.54, 1.807) is 12.1 Å². The Balaban J connectivity index is 1.52. The molecular weight excluding hydrogens is 473 g/mol. The van der Waals surface area contributed by atoms with Crippen molar-refractivity contribution in [3.05, 3.63) is 76.7 Å². The second kappa shape index (κ2) is 10.7. The van der Waals surface area contributed by atoms with Gasteiger partial charge in [0, 0.05) is 31.5 Å². The number of hydrogen-bond acceptors (Lipinski definition) is 6. The average molecular weight is 498 g/mol. The fourth-order valence-electron chi connectivity index (χ4n) is 3.86. The number of nitrogens with zero attached hydrogens (tertiary/aromatic N) is 3. The molecule has 3 aromatic rings. The second-order valence-electron chi connectivity index (χ2n) is 8.28. The number of carbonyl (C=O) groups is 2. The van der Waals surface area contributed by atoms with E-state index in [2.05, 4.69) is 32.5 Å². The van der Waals surface area contributed by atoms with Crippen LogP contribution < -0.4 is 15.5 Å². The van der Waals surface area contributed by atoms with Gasteiger partial charge in [-0.05, 0) is 62.5 Å². The molecule has 2 heterocycles. The van der Waals surface area contributed by atoms with Gasteiger partial charge in [0.05, 0.1) is 21.8 Å². The number of benzene rings is 2. The molecule has 0 saturated carbocycles. The molecule has 35 heavy (non-hydrogen) atoms. The standard InChI is InChI=1S/C25H25ClFN5O3/c1-31-10-3-11-32(13-12-31)17-7-8-18(20(27)14-17)24(34)30-23-19(4-2-5-21(23)33)25(35)29-22-9-6-16(26)15-28-22/h2,4-9,14-15,33H,3,10-13H2,1H3,(H,30,34)(H,28,29,35). The topological polar surface area (TPSA) is 97.8 Å². The van der Waals surface area contributed by atoms with Gasteiger partial charge in [0.2, 0.25) is 0 Å². The number of likely N-dealkylation sites (N-methyl/N-ethyl adjacent to an activating group) is 1. The summed E-state index contributed by atoms with van der Waals surface area (Å²) >= 11 is 5.82. The summed E-state index contributed by atoms with van der Waals surface area (Å²) in [6, 6.07) is 11.7. The lowest BCUT2D eigenvalue weighted by molar-refractivity contribution is 0.102. The number of phenols is 1. The van der Waals surface area contributed by atoms with Gasteiger partial charge in [-0.15, -0.1) is 0 Å². The number of aromatic nitrogens is 1. The fourth-order valence-corrected chi connectivity index (χ4v) is 3.98. The van der Waals surface area contributed by atoms with Crippen molar-refractivity contribution in [2.24, 2.45) is 0 Å². The summed E-state index contributed by atoms with van der Waals surface area (Å²) in [6.45, 7) is 3.41. The zero-order valence-corrected chi connectivity index (χ0v) is 19.8. The van der Waals surface area contributed by atoms with Gasteiger partial charge in [-0.2, -0.15) is 0 Å². The Labute approximate surface area is 207 Å². The third kappa shape index (κ3) is 5.87. The lowest BCUT2D eigenvalue weighted by Crippen LogP contribution is -2.29. The van der Waals surface area contributed by atoms with Gasteiger partial charge < -0.3 is 25.5 Å². The molecule has 10 heteroatoms. The maximum atomic E-state index is 15.0. The van der Waals surface area contributed by atoms with E-state index in [0.717, 1.165) is 32.6 Å². The molecule has 0 unspecified atom stereocenters. The molecular formula is C25H25ClFN5O3. The van der Waals surface area contributed by atoms with E-state index in [1.807, 2.05) is 0 Å². The maximum absolute atomic E-state index is 15.0. The summed E-state index contributed by atoms with van der Waals surface area (Å²) in [6.07, 6.45) is 2.34. The molecule has 1 aliphatic rings. The molecule has 0 atom stereocenters. The lowest BCUT2D eigenvalue weighted by atomic mass is 10.1. The summed E-state index contributed by atoms with van der Waals surface area (Å²) in [5.41, 5.74) is 0.353. The van der Waals surface area contributed by atoms with Crippen molar-refractivity contribution in [2.45, 2.75) is 6.42 Å². The van der Waals surface area contributed by atoms with Gasteiger partial charge in [-0.1, -0.05) is 17.7 Å². The van der Waals surface area contributed by atoms with Crippen molar-refractivity contribution >= 4 is 40.6 Å². The fraction of sp³-hybridized carbons (Fsp3) is 0.240. The molecule has 1 fully saturated rings. The molecule has 8 nitrogen and oxygen atoms in total. The molecule has 2 aromatic carbocycles. The number of carbonyl (C=O) groups excluding carboxylic acids is 2. The number of phenolic OH excluding ortho intramolecular Hbond substituents is 1. The Morgan fingerprint density at radius 2 is 1.80 bits per heavy atom. The van der Waals surface area contributed by atoms with Gasteiger partial charge in [-0.3, -0.25) is 9.59 Å². The molecule has 0 aliphatic carbocycles. The lowest BCUT2D eigenvalue weighted by Gasteiger charge is -2.23. The van der Waals surface area contributed by atoms with Gasteiger partial charge in [0.15, 0.2) is 0 Å². The minimum atomic E-state index is -0.787. The third-order valence-electron chi connectivity index (χ3n) is 5.78. The molecule has 0 bridgehead atoms. The highest BCUT2D eigenvalue weighted by Gasteiger charge is 2.21. The minimum Gasteiger partial charge on any atom is -0.506 e. The molecule has 3 N–H and O–H groups in total. The number of nitrogens with one attached hydrogen (secondary N) is 2. The molecule has 2 amide bonds. The largest absolute Gasteiger partial charge is 0.506 e. The molecule has 0 spiro atoms. The highest BCUT2D eigenvalue weighted by molar-refractivity contribution is 6.30. The number of para-hydroxylation sites is 1. The smallest absolute Gasteiger partial charge is 0.259 e. The van der Waals surface area contributed by atoms with E-state index in [-0.39, 0.29) is 28.4 Å². The maximum Gasteiger partial charge on any atom is 0.259 e. The van der Waals surface area contributed by atoms with Gasteiger partial charge in [-0.25, -0.2) is 9.37 Å². The molecule has 4 rings (SSSR count). The summed E-state index contributed by atoms with van der Waals surface area (Å²) in [5, 5.41) is 15.8. The van der Waals surface area contributed by atoms with E-state index < -0.39 is 17.6 Å². The Bertz CT molecular complexity index is 1240. The number of hydrogen-bond donors (Lipinski definition) is 3. The first-order valence-electron chi connectivity index (χ1n) is 11.1. The highest BCUT2D eigenvalue weighted by atomic mass is 35.5. The van der Waals surface area contributed by atoms with Crippen LogP contribution in [0.1, 0.15) is 27.1 Å². The van der Waals surface area contributed by atoms with Crippen LogP contribution in [-0.2, 0) is 0 Å². The Hall–Kier alpha value is -3.69. The van der Waals surface area contributed by atoms with Crippen molar-refractivity contribution < 1.29 is 19.1 Å². The molecule has 182 valence electrons. The van der Waals surface area contributed by atoms with E-state index in [4.69, 9.17) is 11.6 Å². The van der Waals surface area contributed by atoms with Crippen molar-refractivity contribution in [2.75, 3.05) is 48.8 Å². The van der Waals surface area contributed by atoms with Crippen molar-refractivity contribution in [3.8, 4) is 5.75 Å². The summed E-state index contributed by atoms with van der Waals surface area (Å²) < 4.78 is 15.0.